The second kappa shape index (κ2) is 11.5. The topological polar surface area (TPSA) is 96.4 Å². The van der Waals surface area contributed by atoms with Crippen molar-refractivity contribution < 1.29 is 14.6 Å². The molecule has 1 atom stereocenters. The zero-order valence-electron chi connectivity index (χ0n) is 20.6. The second-order valence-corrected chi connectivity index (χ2v) is 10.3. The van der Waals surface area contributed by atoms with Crippen LogP contribution in [0, 0.1) is 0 Å². The summed E-state index contributed by atoms with van der Waals surface area (Å²) in [6, 6.07) is 11.9. The lowest BCUT2D eigenvalue weighted by atomic mass is 10.1. The predicted octanol–water partition coefficient (Wildman–Crippen LogP) is 3.72. The molecule has 0 aliphatic carbocycles. The van der Waals surface area contributed by atoms with Crippen molar-refractivity contribution in [1.29, 1.82) is 0 Å². The van der Waals surface area contributed by atoms with Gasteiger partial charge in [0.15, 0.2) is 5.82 Å². The number of aromatic nitrogens is 1. The molecule has 4 heterocycles. The number of ether oxygens (including phenoxy) is 2. The monoisotopic (exact) mass is 507 g/mol. The molecule has 36 heavy (non-hydrogen) atoms. The van der Waals surface area contributed by atoms with E-state index in [4.69, 9.17) is 20.2 Å². The fourth-order valence-corrected chi connectivity index (χ4v) is 5.65. The van der Waals surface area contributed by atoms with Crippen LogP contribution < -0.4 is 10.6 Å². The lowest BCUT2D eigenvalue weighted by Crippen LogP contribution is -2.36. The van der Waals surface area contributed by atoms with Crippen LogP contribution in [0.2, 0.25) is 0 Å². The third kappa shape index (κ3) is 5.93. The number of aliphatic hydroxyl groups is 1. The van der Waals surface area contributed by atoms with E-state index in [9.17, 15) is 5.11 Å². The number of nitrogens with zero attached hydrogens (tertiary/aromatic N) is 4. The number of hydrogen-bond acceptors (Lipinski definition) is 9. The number of pyridine rings is 1. The van der Waals surface area contributed by atoms with E-state index >= 15 is 0 Å². The number of nitrogens with two attached hydrogens (primary N) is 1. The number of morpholine rings is 2. The quantitative estimate of drug-likeness (QED) is 0.471. The van der Waals surface area contributed by atoms with E-state index in [0.29, 0.717) is 11.5 Å². The van der Waals surface area contributed by atoms with Gasteiger partial charge in [0.05, 0.1) is 48.4 Å². The molecule has 0 bridgehead atoms. The van der Waals surface area contributed by atoms with E-state index in [0.717, 1.165) is 81.5 Å². The van der Waals surface area contributed by atoms with Crippen LogP contribution in [0.4, 0.5) is 11.5 Å². The Balaban J connectivity index is 1.42. The molecule has 2 aliphatic heterocycles. The average Bonchev–Trinajstić information content (AvgIpc) is 3.31. The van der Waals surface area contributed by atoms with E-state index in [2.05, 4.69) is 26.9 Å². The van der Waals surface area contributed by atoms with Crippen LogP contribution in [-0.2, 0) is 16.0 Å². The van der Waals surface area contributed by atoms with Crippen LogP contribution in [0.5, 0.6) is 0 Å². The van der Waals surface area contributed by atoms with Gasteiger partial charge in [-0.05, 0) is 36.3 Å². The Hall–Kier alpha value is -2.82. The molecule has 0 amide bonds. The van der Waals surface area contributed by atoms with Crippen molar-refractivity contribution in [3.63, 3.8) is 0 Å². The lowest BCUT2D eigenvalue weighted by Gasteiger charge is -2.29. The maximum absolute atomic E-state index is 9.85. The van der Waals surface area contributed by atoms with Crippen LogP contribution >= 0.6 is 11.3 Å². The predicted molar refractivity (Wildman–Crippen MR) is 146 cm³/mol. The standard InChI is InChI=1S/C27H33N5O3S/c1-19(33)20-3-2-4-21(15-20)23(28)5-6-29-26-17-25(32-9-13-35-14-10-32)27-24(30-26)16-22(36-27)18-31-7-11-34-12-8-31/h2-6,15-17,19,33H,7-14,18,28H2,1H3/b23-5-,29-6?. The normalized spacial score (nSPS) is 18.8. The molecule has 0 saturated carbocycles. The van der Waals surface area contributed by atoms with Crippen molar-refractivity contribution in [3.8, 4) is 0 Å². The number of hydrogen-bond donors (Lipinski definition) is 2. The van der Waals surface area contributed by atoms with Gasteiger partial charge >= 0.3 is 0 Å². The van der Waals surface area contributed by atoms with Gasteiger partial charge in [-0.15, -0.1) is 11.3 Å². The Kier molecular flexibility index (Phi) is 7.93. The Bertz CT molecular complexity index is 1240. The van der Waals surface area contributed by atoms with Crippen molar-refractivity contribution in [2.24, 2.45) is 10.7 Å². The number of allylic oxidation sites excluding steroid dienone is 1. The number of rotatable bonds is 7. The summed E-state index contributed by atoms with van der Waals surface area (Å²) < 4.78 is 12.3. The Labute approximate surface area is 215 Å². The maximum Gasteiger partial charge on any atom is 0.154 e. The molecule has 5 rings (SSSR count). The molecule has 2 aromatic heterocycles. The maximum atomic E-state index is 9.85. The molecule has 1 aromatic carbocycles. The summed E-state index contributed by atoms with van der Waals surface area (Å²) in [6.45, 7) is 9.31. The molecule has 0 spiro atoms. The number of aliphatic hydroxyl groups excluding tert-OH is 1. The van der Waals surface area contributed by atoms with Crippen molar-refractivity contribution in [2.75, 3.05) is 57.5 Å². The smallest absolute Gasteiger partial charge is 0.154 e. The highest BCUT2D eigenvalue weighted by atomic mass is 32.1. The van der Waals surface area contributed by atoms with Crippen LogP contribution in [0.3, 0.4) is 0 Å². The molecule has 3 N–H and O–H groups in total. The van der Waals surface area contributed by atoms with Gasteiger partial charge in [-0.25, -0.2) is 9.98 Å². The summed E-state index contributed by atoms with van der Waals surface area (Å²) in [6.07, 6.45) is 2.93. The third-order valence-corrected chi connectivity index (χ3v) is 7.63. The van der Waals surface area contributed by atoms with E-state index in [1.165, 1.54) is 9.58 Å². The zero-order valence-corrected chi connectivity index (χ0v) is 21.4. The molecule has 1 unspecified atom stereocenters. The van der Waals surface area contributed by atoms with E-state index in [1.54, 1.807) is 19.2 Å². The van der Waals surface area contributed by atoms with Gasteiger partial charge < -0.3 is 25.2 Å². The summed E-state index contributed by atoms with van der Waals surface area (Å²) in [5, 5.41) is 9.85. The van der Waals surface area contributed by atoms with Gasteiger partial charge in [-0.2, -0.15) is 0 Å². The van der Waals surface area contributed by atoms with Crippen molar-refractivity contribution in [2.45, 2.75) is 19.6 Å². The van der Waals surface area contributed by atoms with Crippen LogP contribution in [0.1, 0.15) is 29.0 Å². The molecule has 190 valence electrons. The van der Waals surface area contributed by atoms with Gasteiger partial charge in [0.2, 0.25) is 0 Å². The van der Waals surface area contributed by atoms with Crippen LogP contribution in [0.25, 0.3) is 15.9 Å². The Morgan fingerprint density at radius 2 is 1.89 bits per heavy atom. The summed E-state index contributed by atoms with van der Waals surface area (Å²) in [5.74, 6) is 0.654. The molecule has 3 aromatic rings. The first-order valence-electron chi connectivity index (χ1n) is 12.4. The minimum Gasteiger partial charge on any atom is -0.398 e. The van der Waals surface area contributed by atoms with Gasteiger partial charge in [-0.1, -0.05) is 18.2 Å². The van der Waals surface area contributed by atoms with Crippen LogP contribution in [0.15, 0.2) is 47.5 Å². The van der Waals surface area contributed by atoms with Crippen molar-refractivity contribution in [1.82, 2.24) is 9.88 Å². The highest BCUT2D eigenvalue weighted by molar-refractivity contribution is 7.19. The molecule has 2 aliphatic rings. The number of anilines is 1. The number of thiophene rings is 1. The molecule has 2 fully saturated rings. The fraction of sp³-hybridized carbons (Fsp3) is 0.407. The van der Waals surface area contributed by atoms with E-state index < -0.39 is 6.10 Å². The number of fused-ring (bicyclic) bond motifs is 1. The molecule has 2 saturated heterocycles. The van der Waals surface area contributed by atoms with Gasteiger partial charge in [-0.3, -0.25) is 4.90 Å². The summed E-state index contributed by atoms with van der Waals surface area (Å²) >= 11 is 1.82. The van der Waals surface area contributed by atoms with Crippen LogP contribution in [-0.4, -0.2) is 73.8 Å². The highest BCUT2D eigenvalue weighted by Gasteiger charge is 2.19. The lowest BCUT2D eigenvalue weighted by molar-refractivity contribution is 0.0346. The molecule has 9 heteroatoms. The largest absolute Gasteiger partial charge is 0.398 e. The molecule has 8 nitrogen and oxygen atoms in total. The summed E-state index contributed by atoms with van der Waals surface area (Å²) in [4.78, 5) is 15.6. The summed E-state index contributed by atoms with van der Waals surface area (Å²) in [7, 11) is 0. The first-order valence-corrected chi connectivity index (χ1v) is 13.2. The van der Waals surface area contributed by atoms with Crippen molar-refractivity contribution in [3.05, 3.63) is 58.5 Å². The molecular formula is C27H33N5O3S. The summed E-state index contributed by atoms with van der Waals surface area (Å²) in [5.41, 5.74) is 10.7. The first kappa shape index (κ1) is 24.9. The third-order valence-electron chi connectivity index (χ3n) is 6.50. The van der Waals surface area contributed by atoms with E-state index in [1.807, 2.05) is 35.6 Å². The fourth-order valence-electron chi connectivity index (χ4n) is 4.47. The Morgan fingerprint density at radius 1 is 1.14 bits per heavy atom. The minimum atomic E-state index is -0.542. The van der Waals surface area contributed by atoms with Crippen molar-refractivity contribution >= 4 is 45.0 Å². The minimum absolute atomic E-state index is 0.542. The van der Waals surface area contributed by atoms with Gasteiger partial charge in [0.25, 0.3) is 0 Å². The zero-order chi connectivity index (χ0) is 24.9. The molecular weight excluding hydrogens is 474 g/mol. The second-order valence-electron chi connectivity index (χ2n) is 9.12. The average molecular weight is 508 g/mol. The number of aliphatic imine (C=N–C) groups is 1. The van der Waals surface area contributed by atoms with Gasteiger partial charge in [0.1, 0.15) is 0 Å². The van der Waals surface area contributed by atoms with Gasteiger partial charge in [0, 0.05) is 55.6 Å². The van der Waals surface area contributed by atoms with E-state index in [-0.39, 0.29) is 0 Å². The SMILES string of the molecule is CC(O)c1cccc(/C(N)=C/C=Nc2cc(N3CCOCC3)c3sc(CN4CCOCC4)cc3n2)c1. The first-order chi connectivity index (χ1) is 17.6. The Morgan fingerprint density at radius 3 is 2.64 bits per heavy atom. The molecule has 0 radical (unpaired) electrons. The number of benzene rings is 1. The highest BCUT2D eigenvalue weighted by Crippen LogP contribution is 2.37.